The van der Waals surface area contributed by atoms with Gasteiger partial charge in [0, 0.05) is 13.7 Å². The molecular weight excluding hydrogens is 474 g/mol. The summed E-state index contributed by atoms with van der Waals surface area (Å²) in [6.07, 6.45) is 0. The number of carboxylic acids is 1. The Balaban J connectivity index is 1.86. The van der Waals surface area contributed by atoms with Gasteiger partial charge in [0.1, 0.15) is 0 Å². The Kier molecular flexibility index (Phi) is 7.61. The predicted molar refractivity (Wildman–Crippen MR) is 132 cm³/mol. The molecule has 0 amide bonds. The molecule has 0 radical (unpaired) electrons. The van der Waals surface area contributed by atoms with E-state index in [1.54, 1.807) is 43.3 Å². The predicted octanol–water partition coefficient (Wildman–Crippen LogP) is 8.35. The van der Waals surface area contributed by atoms with Gasteiger partial charge in [0.2, 0.25) is 0 Å². The molecule has 0 fully saturated rings. The average Bonchev–Trinajstić information content (AvgIpc) is 2.86. The molecule has 0 aliphatic heterocycles. The molecule has 1 N–H and O–H groups in total. The second-order valence-corrected chi connectivity index (χ2v) is 9.29. The fraction of sp³-hybridized carbons (Fsp3) is 0.136. The number of benzene rings is 3. The molecule has 0 aromatic heterocycles. The first-order chi connectivity index (χ1) is 16.7. The zero-order chi connectivity index (χ0) is 25.6. The smallest absolute Gasteiger partial charge is 0.335 e. The first kappa shape index (κ1) is 25.1. The number of rotatable bonds is 9. The van der Waals surface area contributed by atoms with Gasteiger partial charge < -0.3 is 5.11 Å². The lowest BCUT2D eigenvalue weighted by molar-refractivity contribution is 0.0697. The van der Waals surface area contributed by atoms with Crippen LogP contribution in [0.2, 0.25) is 0 Å². The van der Waals surface area contributed by atoms with E-state index >= 15 is 0 Å². The van der Waals surface area contributed by atoms with Crippen LogP contribution in [0.1, 0.15) is 27.0 Å². The summed E-state index contributed by atoms with van der Waals surface area (Å²) in [7, 11) is -3.63. The van der Waals surface area contributed by atoms with Crippen molar-refractivity contribution in [3.05, 3.63) is 91.6 Å². The number of carbonyl (C=O) groups is 1. The number of aryl methyl sites for hydroxylation is 3. The minimum absolute atomic E-state index is 0.00833. The third-order valence-corrected chi connectivity index (χ3v) is 6.61. The Morgan fingerprint density at radius 2 is 1.14 bits per heavy atom. The third kappa shape index (κ3) is 5.52. The highest BCUT2D eigenvalue weighted by molar-refractivity contribution is 8.30. The summed E-state index contributed by atoms with van der Waals surface area (Å²) in [5, 5.41) is 25.7. The summed E-state index contributed by atoms with van der Waals surface area (Å²) >= 11 is 0. The maximum absolute atomic E-state index is 11.1. The number of hydrogen-bond donors (Lipinski definition) is 1. The van der Waals surface area contributed by atoms with E-state index in [2.05, 4.69) is 34.2 Å². The van der Waals surface area contributed by atoms with Gasteiger partial charge in [-0.05, 0) is 86.0 Å². The van der Waals surface area contributed by atoms with E-state index in [1.165, 1.54) is 18.2 Å². The van der Waals surface area contributed by atoms with E-state index < -0.39 is 16.6 Å². The van der Waals surface area contributed by atoms with Crippen molar-refractivity contribution in [1.29, 1.82) is 0 Å². The Morgan fingerprint density at radius 1 is 0.657 bits per heavy atom. The molecule has 0 atom stereocenters. The zero-order valence-corrected chi connectivity index (χ0v) is 19.6. The minimum atomic E-state index is -3.63. The minimum Gasteiger partial charge on any atom is -0.478 e. The number of carboxylic acid groups (broad SMARTS) is 1. The van der Waals surface area contributed by atoms with Crippen molar-refractivity contribution in [3.8, 4) is 0 Å². The number of nitroso groups, excluding NO2 is 3. The third-order valence-electron chi connectivity index (χ3n) is 4.95. The molecule has 3 aromatic rings. The summed E-state index contributed by atoms with van der Waals surface area (Å²) in [6.45, 7) is 5.23. The summed E-state index contributed by atoms with van der Waals surface area (Å²) in [5.41, 5.74) is 4.06. The van der Waals surface area contributed by atoms with Gasteiger partial charge in [0.05, 0.1) is 33.2 Å². The van der Waals surface area contributed by atoms with Crippen LogP contribution in [0.25, 0.3) is 0 Å². The van der Waals surface area contributed by atoms with Gasteiger partial charge in [-0.1, -0.05) is 6.07 Å². The molecular formula is C22H19N7O5S. The first-order valence-corrected chi connectivity index (χ1v) is 11.5. The Hall–Kier alpha value is -4.52. The van der Waals surface area contributed by atoms with Crippen LogP contribution in [-0.2, 0) is 0 Å². The second kappa shape index (κ2) is 10.6. The summed E-state index contributed by atoms with van der Waals surface area (Å²) in [4.78, 5) is 44.4. The van der Waals surface area contributed by atoms with Crippen LogP contribution in [0.4, 0.5) is 22.7 Å². The van der Waals surface area contributed by atoms with Crippen LogP contribution < -0.4 is 0 Å². The molecule has 0 unspecified atom stereocenters. The van der Waals surface area contributed by atoms with Crippen molar-refractivity contribution in [2.24, 2.45) is 34.2 Å². The average molecular weight is 494 g/mol. The summed E-state index contributed by atoms with van der Waals surface area (Å²) in [6, 6.07) is 14.1. The molecule has 0 saturated carbocycles. The first-order valence-electron chi connectivity index (χ1n) is 9.99. The van der Waals surface area contributed by atoms with Gasteiger partial charge in [-0.2, -0.15) is 20.5 Å². The molecule has 12 nitrogen and oxygen atoms in total. The van der Waals surface area contributed by atoms with Crippen LogP contribution in [0, 0.1) is 35.5 Å². The van der Waals surface area contributed by atoms with Crippen molar-refractivity contribution in [2.75, 3.05) is 0 Å². The molecule has 0 aliphatic carbocycles. The number of nitrogens with zero attached hydrogens (tertiary/aromatic N) is 7. The standard InChI is InChI=1S/C22H19N7O5S/c1-13-4-7-18(12-21(13)35(27-32,28-33)29-34)24-26-20-11-14(2)19(10-15(20)3)25-23-17-8-5-16(6-9-17)22(30)31/h4-12H,1-3H3,(H,30,31). The van der Waals surface area contributed by atoms with E-state index in [9.17, 15) is 19.5 Å². The van der Waals surface area contributed by atoms with Crippen molar-refractivity contribution in [2.45, 2.75) is 25.7 Å². The van der Waals surface area contributed by atoms with E-state index in [0.717, 1.165) is 11.1 Å². The molecule has 0 spiro atoms. The van der Waals surface area contributed by atoms with Crippen molar-refractivity contribution in [3.63, 3.8) is 0 Å². The summed E-state index contributed by atoms with van der Waals surface area (Å²) in [5.74, 6) is -1.02. The highest BCUT2D eigenvalue weighted by atomic mass is 32.3. The highest BCUT2D eigenvalue weighted by Crippen LogP contribution is 2.61. The lowest BCUT2D eigenvalue weighted by Crippen LogP contribution is -1.93. The van der Waals surface area contributed by atoms with Gasteiger partial charge in [-0.25, -0.2) is 4.79 Å². The maximum atomic E-state index is 11.1. The van der Waals surface area contributed by atoms with Crippen molar-refractivity contribution in [1.82, 2.24) is 0 Å². The molecule has 0 saturated heterocycles. The molecule has 178 valence electrons. The second-order valence-electron chi connectivity index (χ2n) is 7.37. The topological polar surface area (TPSA) is 175 Å². The normalized spacial score (nSPS) is 12.1. The Labute approximate surface area is 200 Å². The number of aromatic carboxylic acids is 1. The van der Waals surface area contributed by atoms with E-state index in [0.29, 0.717) is 22.6 Å². The van der Waals surface area contributed by atoms with Gasteiger partial charge in [-0.15, -0.1) is 14.7 Å². The highest BCUT2D eigenvalue weighted by Gasteiger charge is 2.33. The molecule has 3 rings (SSSR count). The van der Waals surface area contributed by atoms with Crippen LogP contribution in [-0.4, -0.2) is 11.1 Å². The molecule has 0 aliphatic rings. The van der Waals surface area contributed by atoms with Crippen LogP contribution in [0.5, 0.6) is 0 Å². The van der Waals surface area contributed by atoms with Crippen LogP contribution >= 0.6 is 10.6 Å². The maximum Gasteiger partial charge on any atom is 0.335 e. The van der Waals surface area contributed by atoms with Crippen molar-refractivity contribution < 1.29 is 9.90 Å². The molecule has 35 heavy (non-hydrogen) atoms. The van der Waals surface area contributed by atoms with Gasteiger partial charge in [0.25, 0.3) is 0 Å². The lowest BCUT2D eigenvalue weighted by atomic mass is 10.1. The lowest BCUT2D eigenvalue weighted by Gasteiger charge is -2.16. The Bertz CT molecular complexity index is 1350. The molecule has 13 heteroatoms. The van der Waals surface area contributed by atoms with Crippen LogP contribution in [0.3, 0.4) is 0 Å². The van der Waals surface area contributed by atoms with Gasteiger partial charge in [-0.3, -0.25) is 0 Å². The fourth-order valence-corrected chi connectivity index (χ4v) is 4.10. The number of hydrogen-bond acceptors (Lipinski definition) is 11. The van der Waals surface area contributed by atoms with Gasteiger partial charge in [0.15, 0.2) is 10.6 Å². The van der Waals surface area contributed by atoms with E-state index in [1.807, 2.05) is 13.8 Å². The monoisotopic (exact) mass is 493 g/mol. The molecule has 3 aromatic carbocycles. The van der Waals surface area contributed by atoms with Crippen molar-refractivity contribution >= 4 is 39.3 Å². The molecule has 0 bridgehead atoms. The van der Waals surface area contributed by atoms with Crippen LogP contribution in [0.15, 0.2) is 93.7 Å². The van der Waals surface area contributed by atoms with E-state index in [-0.39, 0.29) is 16.1 Å². The zero-order valence-electron chi connectivity index (χ0n) is 18.8. The molecule has 0 heterocycles. The summed E-state index contributed by atoms with van der Waals surface area (Å²) < 4.78 is 7.77. The SMILES string of the molecule is Cc1cc(N=Nc2ccc(C)c(S(N=O)(N=O)N=O)c2)c(C)cc1N=Nc1ccc(C(=O)O)cc1. The largest absolute Gasteiger partial charge is 0.478 e. The Morgan fingerprint density at radius 3 is 1.63 bits per heavy atom. The fourth-order valence-electron chi connectivity index (χ4n) is 3.00. The van der Waals surface area contributed by atoms with Gasteiger partial charge >= 0.3 is 5.97 Å². The number of azo groups is 2. The quantitative estimate of drug-likeness (QED) is 0.232. The van der Waals surface area contributed by atoms with E-state index in [4.69, 9.17) is 5.11 Å².